The molecule has 0 radical (unpaired) electrons. The Kier molecular flexibility index (Phi) is 3.82. The van der Waals surface area contributed by atoms with Crippen LogP contribution in [0.25, 0.3) is 0 Å². The van der Waals surface area contributed by atoms with Crippen LogP contribution in [0.1, 0.15) is 41.5 Å². The van der Waals surface area contributed by atoms with Gasteiger partial charge in [-0.3, -0.25) is 0 Å². The van der Waals surface area contributed by atoms with E-state index in [-0.39, 0.29) is 12.0 Å². The zero-order chi connectivity index (χ0) is 15.9. The zero-order valence-electron chi connectivity index (χ0n) is 13.1. The number of hydrogen-bond donors (Lipinski definition) is 1. The molecule has 23 heavy (non-hydrogen) atoms. The second-order valence-electron chi connectivity index (χ2n) is 6.82. The van der Waals surface area contributed by atoms with Crippen molar-refractivity contribution in [2.45, 2.75) is 44.1 Å². The zero-order valence-corrected chi connectivity index (χ0v) is 13.9. The third-order valence-electron chi connectivity index (χ3n) is 5.42. The molecule has 1 N–H and O–H groups in total. The summed E-state index contributed by atoms with van der Waals surface area (Å²) in [6.45, 7) is 0.812. The predicted octanol–water partition coefficient (Wildman–Crippen LogP) is 4.43. The maximum absolute atomic E-state index is 9.35. The van der Waals surface area contributed by atoms with Crippen molar-refractivity contribution in [3.8, 4) is 5.75 Å². The Bertz CT molecular complexity index is 740. The van der Waals surface area contributed by atoms with Crippen LogP contribution in [0.2, 0.25) is 5.02 Å². The van der Waals surface area contributed by atoms with Gasteiger partial charge in [0.25, 0.3) is 0 Å². The average molecular weight is 329 g/mol. The van der Waals surface area contributed by atoms with Gasteiger partial charge in [-0.25, -0.2) is 0 Å². The first kappa shape index (κ1) is 15.0. The van der Waals surface area contributed by atoms with Gasteiger partial charge in [-0.05, 0) is 78.6 Å². The van der Waals surface area contributed by atoms with E-state index in [1.54, 1.807) is 0 Å². The van der Waals surface area contributed by atoms with Gasteiger partial charge in [0.2, 0.25) is 0 Å². The van der Waals surface area contributed by atoms with Gasteiger partial charge in [0.15, 0.2) is 0 Å². The Morgan fingerprint density at radius 2 is 1.96 bits per heavy atom. The lowest BCUT2D eigenvalue weighted by Gasteiger charge is -2.38. The van der Waals surface area contributed by atoms with E-state index in [0.29, 0.717) is 0 Å². The molecule has 0 aromatic heterocycles. The molecule has 0 unspecified atom stereocenters. The van der Waals surface area contributed by atoms with Gasteiger partial charge in [0, 0.05) is 10.4 Å². The lowest BCUT2D eigenvalue weighted by molar-refractivity contribution is 0.195. The minimum atomic E-state index is 0.0831. The molecule has 0 amide bonds. The van der Waals surface area contributed by atoms with Gasteiger partial charge < -0.3 is 9.84 Å². The summed E-state index contributed by atoms with van der Waals surface area (Å²) in [5, 5.41) is 10.2. The number of aryl methyl sites for hydroxylation is 2. The molecule has 2 aliphatic rings. The van der Waals surface area contributed by atoms with Crippen LogP contribution in [0, 0.1) is 0 Å². The van der Waals surface area contributed by atoms with E-state index in [2.05, 4.69) is 18.2 Å². The van der Waals surface area contributed by atoms with E-state index in [4.69, 9.17) is 16.3 Å². The maximum atomic E-state index is 9.35. The number of aliphatic hydroxyl groups excluding tert-OH is 1. The minimum Gasteiger partial charge on any atom is -0.492 e. The van der Waals surface area contributed by atoms with Crippen molar-refractivity contribution in [2.24, 2.45) is 0 Å². The lowest BCUT2D eigenvalue weighted by Crippen LogP contribution is -2.36. The van der Waals surface area contributed by atoms with Gasteiger partial charge in [-0.2, -0.15) is 0 Å². The van der Waals surface area contributed by atoms with Crippen LogP contribution in [-0.4, -0.2) is 11.7 Å². The van der Waals surface area contributed by atoms with Crippen molar-refractivity contribution in [3.63, 3.8) is 0 Å². The summed E-state index contributed by atoms with van der Waals surface area (Å²) >= 11 is 6.19. The molecule has 2 aromatic rings. The lowest BCUT2D eigenvalue weighted by atomic mass is 9.68. The highest BCUT2D eigenvalue weighted by atomic mass is 35.5. The first-order chi connectivity index (χ1) is 11.2. The molecule has 1 atom stereocenters. The largest absolute Gasteiger partial charge is 0.492 e. The number of benzene rings is 2. The molecule has 1 heterocycles. The van der Waals surface area contributed by atoms with Gasteiger partial charge in [-0.1, -0.05) is 23.7 Å². The van der Waals surface area contributed by atoms with E-state index < -0.39 is 0 Å². The van der Waals surface area contributed by atoms with E-state index in [1.807, 2.05) is 18.2 Å². The fourth-order valence-corrected chi connectivity index (χ4v) is 4.37. The van der Waals surface area contributed by atoms with Crippen LogP contribution in [0.15, 0.2) is 36.4 Å². The quantitative estimate of drug-likeness (QED) is 0.839. The van der Waals surface area contributed by atoms with E-state index in [9.17, 15) is 5.11 Å². The predicted molar refractivity (Wildman–Crippen MR) is 92.2 cm³/mol. The molecular formula is C20H21ClO2. The van der Waals surface area contributed by atoms with Crippen LogP contribution in [0.4, 0.5) is 0 Å². The first-order valence-electron chi connectivity index (χ1n) is 8.35. The normalized spacial score (nSPS) is 22.9. The third kappa shape index (κ3) is 2.64. The summed E-state index contributed by atoms with van der Waals surface area (Å²) in [6.07, 6.45) is 5.55. The van der Waals surface area contributed by atoms with Gasteiger partial charge in [-0.15, -0.1) is 0 Å². The van der Waals surface area contributed by atoms with Crippen molar-refractivity contribution in [1.82, 2.24) is 0 Å². The minimum absolute atomic E-state index is 0.0831. The van der Waals surface area contributed by atoms with Gasteiger partial charge in [0.05, 0.1) is 13.2 Å². The summed E-state index contributed by atoms with van der Waals surface area (Å²) in [7, 11) is 0. The molecule has 2 nitrogen and oxygen atoms in total. The fraction of sp³-hybridized carbons (Fsp3) is 0.400. The summed E-state index contributed by atoms with van der Waals surface area (Å²) < 4.78 is 6.21. The van der Waals surface area contributed by atoms with Gasteiger partial charge in [0.1, 0.15) is 5.75 Å². The molecule has 1 aliphatic carbocycles. The molecule has 0 fully saturated rings. The van der Waals surface area contributed by atoms with Crippen LogP contribution in [-0.2, 0) is 24.9 Å². The van der Waals surface area contributed by atoms with Crippen LogP contribution in [0.5, 0.6) is 5.75 Å². The Labute approximate surface area is 142 Å². The molecule has 120 valence electrons. The van der Waals surface area contributed by atoms with E-state index in [0.717, 1.165) is 42.2 Å². The van der Waals surface area contributed by atoms with Crippen molar-refractivity contribution >= 4 is 11.6 Å². The molecule has 0 saturated heterocycles. The van der Waals surface area contributed by atoms with Crippen LogP contribution < -0.4 is 4.74 Å². The summed E-state index contributed by atoms with van der Waals surface area (Å²) in [5.74, 6) is 0.972. The van der Waals surface area contributed by atoms with Crippen molar-refractivity contribution in [3.05, 3.63) is 63.7 Å². The summed E-state index contributed by atoms with van der Waals surface area (Å²) in [5.41, 5.74) is 5.07. The summed E-state index contributed by atoms with van der Waals surface area (Å²) in [4.78, 5) is 0. The molecule has 2 aromatic carbocycles. The number of ether oxygens (including phenoxy) is 1. The maximum Gasteiger partial charge on any atom is 0.122 e. The summed E-state index contributed by atoms with van der Waals surface area (Å²) in [6, 6.07) is 12.4. The second kappa shape index (κ2) is 5.85. The topological polar surface area (TPSA) is 29.5 Å². The van der Waals surface area contributed by atoms with Crippen molar-refractivity contribution in [1.29, 1.82) is 0 Å². The molecule has 0 saturated carbocycles. The first-order valence-corrected chi connectivity index (χ1v) is 8.72. The molecule has 3 heteroatoms. The number of rotatable bonds is 1. The molecule has 4 rings (SSSR count). The molecule has 1 spiro atoms. The number of halogens is 1. The van der Waals surface area contributed by atoms with Crippen LogP contribution >= 0.6 is 11.6 Å². The Balaban J connectivity index is 1.70. The second-order valence-corrected chi connectivity index (χ2v) is 7.26. The monoisotopic (exact) mass is 328 g/mol. The SMILES string of the molecule is OCc1ccc2c(c1)CC[C@@]1(CCCc3cc(Cl)ccc31)CO2. The average Bonchev–Trinajstić information content (AvgIpc) is 2.75. The molecule has 1 aliphatic heterocycles. The smallest absolute Gasteiger partial charge is 0.122 e. The number of fused-ring (bicyclic) bond motifs is 3. The Hall–Kier alpha value is -1.51. The van der Waals surface area contributed by atoms with E-state index in [1.165, 1.54) is 29.5 Å². The third-order valence-corrected chi connectivity index (χ3v) is 5.66. The number of hydrogen-bond acceptors (Lipinski definition) is 2. The van der Waals surface area contributed by atoms with Crippen molar-refractivity contribution in [2.75, 3.05) is 6.61 Å². The highest BCUT2D eigenvalue weighted by Gasteiger charge is 2.38. The highest BCUT2D eigenvalue weighted by Crippen LogP contribution is 2.44. The van der Waals surface area contributed by atoms with Crippen LogP contribution in [0.3, 0.4) is 0 Å². The molecular weight excluding hydrogens is 308 g/mol. The highest BCUT2D eigenvalue weighted by molar-refractivity contribution is 6.30. The van der Waals surface area contributed by atoms with E-state index >= 15 is 0 Å². The Morgan fingerprint density at radius 3 is 2.83 bits per heavy atom. The number of aliphatic hydroxyl groups is 1. The fourth-order valence-electron chi connectivity index (χ4n) is 4.18. The van der Waals surface area contributed by atoms with Gasteiger partial charge >= 0.3 is 0 Å². The molecule has 0 bridgehead atoms. The standard InChI is InChI=1S/C20H21ClO2/c21-17-4-5-18-15(11-17)2-1-8-20(18)9-7-16-10-14(12-22)3-6-19(16)23-13-20/h3-6,10-11,22H,1-2,7-9,12-13H2/t20-/m0/s1. The Morgan fingerprint density at radius 1 is 1.04 bits per heavy atom. The van der Waals surface area contributed by atoms with Crippen molar-refractivity contribution < 1.29 is 9.84 Å².